The van der Waals surface area contributed by atoms with Gasteiger partial charge >= 0.3 is 0 Å². The molecule has 1 N–H and O–H groups in total. The number of hydrogen-bond acceptors (Lipinski definition) is 4. The molecule has 3 aromatic rings. The predicted octanol–water partition coefficient (Wildman–Crippen LogP) is 4.46. The molecule has 0 saturated carbocycles. The normalized spacial score (nSPS) is 12.2. The first-order valence-corrected chi connectivity index (χ1v) is 8.35. The Balaban J connectivity index is 1.72. The number of amides is 1. The molecule has 6 heteroatoms. The van der Waals surface area contributed by atoms with Crippen LogP contribution in [0.15, 0.2) is 36.4 Å². The highest BCUT2D eigenvalue weighted by Crippen LogP contribution is 2.29. The summed E-state index contributed by atoms with van der Waals surface area (Å²) in [4.78, 5) is 16.7. The Hall–Kier alpha value is -2.47. The lowest BCUT2D eigenvalue weighted by molar-refractivity contribution is -0.122. The number of anilines is 1. The molecule has 0 saturated heterocycles. The molecular weight excluding hydrogens is 327 g/mol. The number of aromatic nitrogens is 1. The van der Waals surface area contributed by atoms with E-state index in [1.54, 1.807) is 6.92 Å². The second kappa shape index (κ2) is 6.57. The summed E-state index contributed by atoms with van der Waals surface area (Å²) in [6, 6.07) is 9.67. The number of aryl methyl sites for hydroxylation is 2. The van der Waals surface area contributed by atoms with Crippen LogP contribution in [-0.4, -0.2) is 17.0 Å². The Morgan fingerprint density at radius 1 is 1.25 bits per heavy atom. The Morgan fingerprint density at radius 2 is 1.96 bits per heavy atom. The van der Waals surface area contributed by atoms with Gasteiger partial charge in [0.25, 0.3) is 5.91 Å². The second-order valence-corrected chi connectivity index (χ2v) is 6.68. The van der Waals surface area contributed by atoms with Crippen molar-refractivity contribution in [3.8, 4) is 5.75 Å². The van der Waals surface area contributed by atoms with Gasteiger partial charge < -0.3 is 4.74 Å². The van der Waals surface area contributed by atoms with Crippen molar-refractivity contribution in [1.82, 2.24) is 4.98 Å². The maximum atomic E-state index is 12.9. The van der Waals surface area contributed by atoms with Gasteiger partial charge in [0.05, 0.1) is 10.2 Å². The van der Waals surface area contributed by atoms with Gasteiger partial charge in [-0.05, 0) is 62.2 Å². The van der Waals surface area contributed by atoms with Gasteiger partial charge in [-0.1, -0.05) is 17.4 Å². The lowest BCUT2D eigenvalue weighted by Crippen LogP contribution is -2.30. The van der Waals surface area contributed by atoms with Gasteiger partial charge in [-0.2, -0.15) is 0 Å². The molecular formula is C18H17FN2O2S. The highest BCUT2D eigenvalue weighted by molar-refractivity contribution is 7.22. The minimum Gasteiger partial charge on any atom is -0.481 e. The molecule has 0 spiro atoms. The summed E-state index contributed by atoms with van der Waals surface area (Å²) in [5.74, 6) is -0.206. The van der Waals surface area contributed by atoms with Crippen molar-refractivity contribution >= 4 is 32.6 Å². The zero-order valence-electron chi connectivity index (χ0n) is 13.6. The van der Waals surface area contributed by atoms with Crippen LogP contribution in [0.2, 0.25) is 0 Å². The number of halogens is 1. The minimum absolute atomic E-state index is 0.298. The number of nitrogens with one attached hydrogen (secondary N) is 1. The highest BCUT2D eigenvalue weighted by Gasteiger charge is 2.17. The summed E-state index contributed by atoms with van der Waals surface area (Å²) in [5, 5.41) is 3.32. The molecule has 1 heterocycles. The standard InChI is InChI=1S/C18H17FN2O2S/c1-10-8-11(2)16-15(9-10)24-18(20-16)21-17(22)12(3)23-14-6-4-13(19)5-7-14/h4-9,12H,1-3H3,(H,20,21,22). The van der Waals surface area contributed by atoms with Crippen molar-refractivity contribution < 1.29 is 13.9 Å². The Morgan fingerprint density at radius 3 is 2.67 bits per heavy atom. The van der Waals surface area contributed by atoms with Gasteiger partial charge in [-0.25, -0.2) is 9.37 Å². The predicted molar refractivity (Wildman–Crippen MR) is 94.2 cm³/mol. The van der Waals surface area contributed by atoms with Gasteiger partial charge in [-0.15, -0.1) is 0 Å². The molecule has 2 aromatic carbocycles. The van der Waals surface area contributed by atoms with Crippen LogP contribution in [0.4, 0.5) is 9.52 Å². The van der Waals surface area contributed by atoms with Crippen molar-refractivity contribution in [1.29, 1.82) is 0 Å². The van der Waals surface area contributed by atoms with Crippen LogP contribution in [-0.2, 0) is 4.79 Å². The van der Waals surface area contributed by atoms with Gasteiger partial charge in [0, 0.05) is 0 Å². The molecule has 0 fully saturated rings. The maximum absolute atomic E-state index is 12.9. The van der Waals surface area contributed by atoms with Gasteiger partial charge in [0.15, 0.2) is 11.2 Å². The monoisotopic (exact) mass is 344 g/mol. The van der Waals surface area contributed by atoms with Crippen LogP contribution < -0.4 is 10.1 Å². The van der Waals surface area contributed by atoms with Crippen molar-refractivity contribution in [3.05, 3.63) is 53.3 Å². The van der Waals surface area contributed by atoms with E-state index in [2.05, 4.69) is 16.4 Å². The third-order valence-corrected chi connectivity index (χ3v) is 4.47. The molecule has 0 bridgehead atoms. The van der Waals surface area contributed by atoms with Crippen LogP contribution in [0, 0.1) is 19.7 Å². The molecule has 1 amide bonds. The van der Waals surface area contributed by atoms with E-state index in [0.29, 0.717) is 10.9 Å². The quantitative estimate of drug-likeness (QED) is 0.760. The molecule has 124 valence electrons. The van der Waals surface area contributed by atoms with E-state index in [1.807, 2.05) is 19.9 Å². The molecule has 3 rings (SSSR count). The van der Waals surface area contributed by atoms with Gasteiger partial charge in [0.1, 0.15) is 11.6 Å². The minimum atomic E-state index is -0.717. The Bertz CT molecular complexity index is 890. The zero-order valence-corrected chi connectivity index (χ0v) is 14.4. The van der Waals surface area contributed by atoms with Crippen molar-refractivity contribution in [2.45, 2.75) is 26.9 Å². The third-order valence-electron chi connectivity index (χ3n) is 3.56. The molecule has 0 radical (unpaired) electrons. The number of rotatable bonds is 4. The van der Waals surface area contributed by atoms with Crippen molar-refractivity contribution in [2.75, 3.05) is 5.32 Å². The topological polar surface area (TPSA) is 51.2 Å². The maximum Gasteiger partial charge on any atom is 0.266 e. The summed E-state index contributed by atoms with van der Waals surface area (Å²) in [6.45, 7) is 5.67. The third kappa shape index (κ3) is 3.54. The summed E-state index contributed by atoms with van der Waals surface area (Å²) < 4.78 is 19.4. The number of carbonyl (C=O) groups is 1. The smallest absolute Gasteiger partial charge is 0.266 e. The zero-order chi connectivity index (χ0) is 17.3. The fraction of sp³-hybridized carbons (Fsp3) is 0.222. The number of hydrogen-bond donors (Lipinski definition) is 1. The Kier molecular flexibility index (Phi) is 4.49. The summed E-state index contributed by atoms with van der Waals surface area (Å²) in [7, 11) is 0. The SMILES string of the molecule is Cc1cc(C)c2nc(NC(=O)C(C)Oc3ccc(F)cc3)sc2c1. The molecule has 24 heavy (non-hydrogen) atoms. The van der Waals surface area contributed by atoms with E-state index in [-0.39, 0.29) is 11.7 Å². The van der Waals surface area contributed by atoms with Crippen LogP contribution in [0.25, 0.3) is 10.2 Å². The largest absolute Gasteiger partial charge is 0.481 e. The average molecular weight is 344 g/mol. The summed E-state index contributed by atoms with van der Waals surface area (Å²) in [5.41, 5.74) is 3.14. The number of benzene rings is 2. The molecule has 1 atom stereocenters. The molecule has 0 aliphatic heterocycles. The molecule has 0 aliphatic rings. The van der Waals surface area contributed by atoms with Crippen LogP contribution >= 0.6 is 11.3 Å². The van der Waals surface area contributed by atoms with Crippen LogP contribution in [0.3, 0.4) is 0 Å². The summed E-state index contributed by atoms with van der Waals surface area (Å²) in [6.07, 6.45) is -0.717. The number of fused-ring (bicyclic) bond motifs is 1. The fourth-order valence-corrected chi connectivity index (χ4v) is 3.45. The number of nitrogens with zero attached hydrogens (tertiary/aromatic N) is 1. The molecule has 0 aliphatic carbocycles. The molecule has 1 aromatic heterocycles. The number of ether oxygens (including phenoxy) is 1. The van der Waals surface area contributed by atoms with E-state index in [9.17, 15) is 9.18 Å². The highest BCUT2D eigenvalue weighted by atomic mass is 32.1. The summed E-state index contributed by atoms with van der Waals surface area (Å²) >= 11 is 1.43. The number of thiazole rings is 1. The first-order valence-electron chi connectivity index (χ1n) is 7.53. The van der Waals surface area contributed by atoms with E-state index in [4.69, 9.17) is 4.74 Å². The first-order chi connectivity index (χ1) is 11.4. The molecule has 1 unspecified atom stereocenters. The Labute approximate surface area is 143 Å². The van der Waals surface area contributed by atoms with Crippen LogP contribution in [0.1, 0.15) is 18.1 Å². The van der Waals surface area contributed by atoms with E-state index >= 15 is 0 Å². The van der Waals surface area contributed by atoms with Crippen LogP contribution in [0.5, 0.6) is 5.75 Å². The molecule has 4 nitrogen and oxygen atoms in total. The van der Waals surface area contributed by atoms with Crippen molar-refractivity contribution in [2.24, 2.45) is 0 Å². The lowest BCUT2D eigenvalue weighted by Gasteiger charge is -2.13. The van der Waals surface area contributed by atoms with Crippen molar-refractivity contribution in [3.63, 3.8) is 0 Å². The van der Waals surface area contributed by atoms with E-state index in [0.717, 1.165) is 21.3 Å². The lowest BCUT2D eigenvalue weighted by atomic mass is 10.1. The second-order valence-electron chi connectivity index (χ2n) is 5.65. The average Bonchev–Trinajstić information content (AvgIpc) is 2.92. The van der Waals surface area contributed by atoms with E-state index in [1.165, 1.54) is 35.6 Å². The van der Waals surface area contributed by atoms with E-state index < -0.39 is 6.10 Å². The first kappa shape index (κ1) is 16.4. The fourth-order valence-electron chi connectivity index (χ4n) is 2.40. The van der Waals surface area contributed by atoms with Gasteiger partial charge in [0.2, 0.25) is 0 Å². The van der Waals surface area contributed by atoms with Gasteiger partial charge in [-0.3, -0.25) is 10.1 Å². The number of carbonyl (C=O) groups excluding carboxylic acids is 1.